The predicted octanol–water partition coefficient (Wildman–Crippen LogP) is 6.27. The van der Waals surface area contributed by atoms with Crippen LogP contribution in [0.5, 0.6) is 6.01 Å². The van der Waals surface area contributed by atoms with Gasteiger partial charge < -0.3 is 15.0 Å². The van der Waals surface area contributed by atoms with Crippen LogP contribution in [0.4, 0.5) is 19.0 Å². The monoisotopic (exact) mass is 638 g/mol. The summed E-state index contributed by atoms with van der Waals surface area (Å²) in [6.45, 7) is 4.37. The van der Waals surface area contributed by atoms with Crippen molar-refractivity contribution in [3.05, 3.63) is 53.2 Å². The number of aromatic nitrogens is 3. The van der Waals surface area contributed by atoms with E-state index in [2.05, 4.69) is 28.0 Å². The van der Waals surface area contributed by atoms with Crippen molar-refractivity contribution in [2.24, 2.45) is 0 Å². The van der Waals surface area contributed by atoms with E-state index in [1.165, 1.54) is 6.07 Å². The highest BCUT2D eigenvalue weighted by atomic mass is 19.1. The quantitative estimate of drug-likeness (QED) is 0.265. The molecule has 7 nitrogen and oxygen atoms in total. The summed E-state index contributed by atoms with van der Waals surface area (Å²) in [5.74, 6) is 1.96. The SMILES string of the molecule is C#Cc1c(F)ccc2cccc(-c3nc4c5c(nc(OC[C@@]67CCCN6C[C@H](F)C7)nc5c3F)N3C[C@H]5CCC(N5)[C@H]3CC[C@H]4C)c12. The molecule has 5 aliphatic rings. The molecule has 4 aromatic rings. The van der Waals surface area contributed by atoms with Crippen LogP contribution in [-0.2, 0) is 0 Å². The highest BCUT2D eigenvalue weighted by Gasteiger charge is 2.50. The van der Waals surface area contributed by atoms with E-state index >= 15 is 8.78 Å². The van der Waals surface area contributed by atoms with Gasteiger partial charge >= 0.3 is 6.01 Å². The van der Waals surface area contributed by atoms with Crippen molar-refractivity contribution in [2.75, 3.05) is 31.1 Å². The first-order valence-corrected chi connectivity index (χ1v) is 17.0. The number of rotatable bonds is 4. The van der Waals surface area contributed by atoms with Gasteiger partial charge in [-0.2, -0.15) is 9.97 Å². The number of fused-ring (bicyclic) bond motifs is 7. The smallest absolute Gasteiger partial charge is 0.319 e. The molecule has 1 N–H and O–H groups in total. The Morgan fingerprint density at radius 2 is 1.96 bits per heavy atom. The molecule has 0 aliphatic carbocycles. The Morgan fingerprint density at radius 1 is 1.06 bits per heavy atom. The molecule has 9 rings (SSSR count). The first-order chi connectivity index (χ1) is 22.8. The lowest BCUT2D eigenvalue weighted by Gasteiger charge is -2.44. The second kappa shape index (κ2) is 10.8. The molecule has 5 aliphatic heterocycles. The molecule has 6 atom stereocenters. The van der Waals surface area contributed by atoms with Crippen LogP contribution in [0.15, 0.2) is 30.3 Å². The van der Waals surface area contributed by atoms with Crippen LogP contribution in [0.25, 0.3) is 32.9 Å². The summed E-state index contributed by atoms with van der Waals surface area (Å²) in [6, 6.07) is 9.30. The molecule has 0 spiro atoms. The number of halogens is 3. The number of nitrogens with zero attached hydrogens (tertiary/aromatic N) is 5. The molecule has 7 heterocycles. The van der Waals surface area contributed by atoms with E-state index in [4.69, 9.17) is 26.1 Å². The number of alkyl halides is 1. The first kappa shape index (κ1) is 29.2. The van der Waals surface area contributed by atoms with E-state index in [0.29, 0.717) is 52.6 Å². The standard InChI is InChI=1S/C37H37F3N6O/c1-3-24-26(39)11-9-21-6-4-7-25(29(21)24)33-31(40)34-30-32(42-33)20(2)8-13-28-27-12-10-23(41-27)18-46(28)35(30)44-36(43-34)47-19-37-14-5-15-45(37)17-22(38)16-37/h1,4,6-7,9,11,20,22-23,27-28,41H,5,8,10,12-19H2,2H3/t20-,22-,23-,27?,28-,37+/m1/s1. The number of hydrogen-bond acceptors (Lipinski definition) is 7. The summed E-state index contributed by atoms with van der Waals surface area (Å²) in [7, 11) is 0. The van der Waals surface area contributed by atoms with E-state index in [-0.39, 0.29) is 41.4 Å². The molecule has 2 aromatic carbocycles. The van der Waals surface area contributed by atoms with E-state index in [1.807, 2.05) is 6.07 Å². The lowest BCUT2D eigenvalue weighted by molar-refractivity contribution is 0.107. The Morgan fingerprint density at radius 3 is 2.83 bits per heavy atom. The number of ether oxygens (including phenoxy) is 1. The van der Waals surface area contributed by atoms with Gasteiger partial charge in [0.25, 0.3) is 0 Å². The number of piperazine rings is 1. The third kappa shape index (κ3) is 4.46. The highest BCUT2D eigenvalue weighted by Crippen LogP contribution is 2.45. The van der Waals surface area contributed by atoms with Gasteiger partial charge in [0.15, 0.2) is 5.82 Å². The van der Waals surface area contributed by atoms with E-state index in [9.17, 15) is 4.39 Å². The minimum atomic E-state index is -0.893. The average Bonchev–Trinajstić information content (AvgIpc) is 3.74. The molecule has 2 bridgehead atoms. The third-order valence-corrected chi connectivity index (χ3v) is 11.6. The van der Waals surface area contributed by atoms with Crippen molar-refractivity contribution < 1.29 is 17.9 Å². The maximum absolute atomic E-state index is 17.2. The summed E-state index contributed by atoms with van der Waals surface area (Å²) in [5.41, 5.74) is 1.02. The van der Waals surface area contributed by atoms with Gasteiger partial charge in [0, 0.05) is 48.6 Å². The van der Waals surface area contributed by atoms with Gasteiger partial charge in [-0.15, -0.1) is 6.42 Å². The third-order valence-electron chi connectivity index (χ3n) is 11.6. The highest BCUT2D eigenvalue weighted by molar-refractivity contribution is 6.03. The number of hydrogen-bond donors (Lipinski definition) is 1. The van der Waals surface area contributed by atoms with Crippen LogP contribution in [-0.4, -0.2) is 75.9 Å². The number of anilines is 1. The lowest BCUT2D eigenvalue weighted by Crippen LogP contribution is -2.58. The van der Waals surface area contributed by atoms with Gasteiger partial charge in [-0.1, -0.05) is 37.1 Å². The van der Waals surface area contributed by atoms with Gasteiger partial charge in [0.05, 0.1) is 22.2 Å². The van der Waals surface area contributed by atoms with Crippen LogP contribution in [0.2, 0.25) is 0 Å². The van der Waals surface area contributed by atoms with Crippen molar-refractivity contribution in [1.29, 1.82) is 0 Å². The summed E-state index contributed by atoms with van der Waals surface area (Å²) in [5, 5.41) is 5.54. The number of benzene rings is 2. The van der Waals surface area contributed by atoms with Crippen LogP contribution in [0.3, 0.4) is 0 Å². The zero-order valence-electron chi connectivity index (χ0n) is 26.4. The number of terminal acetylenes is 1. The molecule has 0 amide bonds. The van der Waals surface area contributed by atoms with Gasteiger partial charge in [-0.25, -0.2) is 18.2 Å². The van der Waals surface area contributed by atoms with Crippen molar-refractivity contribution >= 4 is 27.5 Å². The summed E-state index contributed by atoms with van der Waals surface area (Å²) in [4.78, 5) is 19.4. The maximum atomic E-state index is 17.2. The Kier molecular flexibility index (Phi) is 6.71. The van der Waals surface area contributed by atoms with Crippen molar-refractivity contribution in [2.45, 2.75) is 87.6 Å². The Balaban J connectivity index is 1.26. The summed E-state index contributed by atoms with van der Waals surface area (Å²) >= 11 is 0. The minimum absolute atomic E-state index is 0.0167. The summed E-state index contributed by atoms with van der Waals surface area (Å²) < 4.78 is 53.2. The summed E-state index contributed by atoms with van der Waals surface area (Å²) in [6.07, 6.45) is 11.1. The van der Waals surface area contributed by atoms with E-state index in [0.717, 1.165) is 57.3 Å². The Labute approximate surface area is 271 Å². The van der Waals surface area contributed by atoms with E-state index in [1.54, 1.807) is 18.2 Å². The van der Waals surface area contributed by atoms with Gasteiger partial charge in [-0.3, -0.25) is 4.90 Å². The van der Waals surface area contributed by atoms with Crippen LogP contribution < -0.4 is 15.0 Å². The second-order valence-corrected chi connectivity index (χ2v) is 14.3. The van der Waals surface area contributed by atoms with E-state index < -0.39 is 23.3 Å². The molecule has 1 unspecified atom stereocenters. The van der Waals surface area contributed by atoms with Crippen LogP contribution in [0, 0.1) is 24.0 Å². The average molecular weight is 639 g/mol. The largest absolute Gasteiger partial charge is 0.461 e. The normalized spacial score (nSPS) is 29.9. The molecule has 4 saturated heterocycles. The molecule has 2 aromatic heterocycles. The number of pyridine rings is 1. The van der Waals surface area contributed by atoms with Crippen molar-refractivity contribution in [3.8, 4) is 29.6 Å². The molecule has 4 fully saturated rings. The van der Waals surface area contributed by atoms with Crippen molar-refractivity contribution in [3.63, 3.8) is 0 Å². The Bertz CT molecular complexity index is 1980. The molecule has 10 heteroatoms. The first-order valence-electron chi connectivity index (χ1n) is 17.0. The Hall–Kier alpha value is -3.94. The lowest BCUT2D eigenvalue weighted by atomic mass is 9.88. The molecule has 47 heavy (non-hydrogen) atoms. The van der Waals surface area contributed by atoms with Gasteiger partial charge in [-0.05, 0) is 62.4 Å². The van der Waals surface area contributed by atoms with Crippen LogP contribution >= 0.6 is 0 Å². The molecule has 0 saturated carbocycles. The molecule has 242 valence electrons. The predicted molar refractivity (Wildman–Crippen MR) is 175 cm³/mol. The molecule has 0 radical (unpaired) electrons. The number of nitrogens with one attached hydrogen (secondary N) is 1. The van der Waals surface area contributed by atoms with Crippen molar-refractivity contribution in [1.82, 2.24) is 25.2 Å². The van der Waals surface area contributed by atoms with Crippen LogP contribution in [0.1, 0.15) is 69.0 Å². The minimum Gasteiger partial charge on any atom is -0.461 e. The fraction of sp³-hybridized carbons (Fsp3) is 0.486. The second-order valence-electron chi connectivity index (χ2n) is 14.3. The topological polar surface area (TPSA) is 66.4 Å². The zero-order chi connectivity index (χ0) is 32.0. The fourth-order valence-electron chi connectivity index (χ4n) is 9.35. The maximum Gasteiger partial charge on any atom is 0.319 e. The molecular formula is C37H37F3N6O. The van der Waals surface area contributed by atoms with Gasteiger partial charge in [0.1, 0.15) is 35.6 Å². The van der Waals surface area contributed by atoms with Gasteiger partial charge in [0.2, 0.25) is 0 Å². The fourth-order valence-corrected chi connectivity index (χ4v) is 9.35. The zero-order valence-corrected chi connectivity index (χ0v) is 26.4. The molecular weight excluding hydrogens is 601 g/mol.